The van der Waals surface area contributed by atoms with E-state index in [9.17, 15) is 0 Å². The van der Waals surface area contributed by atoms with Crippen molar-refractivity contribution in [3.8, 4) is 28.0 Å². The predicted molar refractivity (Wildman–Crippen MR) is 163 cm³/mol. The van der Waals surface area contributed by atoms with Gasteiger partial charge in [-0.1, -0.05) is 60.7 Å². The van der Waals surface area contributed by atoms with E-state index < -0.39 is 0 Å². The highest BCUT2D eigenvalue weighted by molar-refractivity contribution is 6.32. The molecule has 0 radical (unpaired) electrons. The second-order valence-electron chi connectivity index (χ2n) is 11.0. The summed E-state index contributed by atoms with van der Waals surface area (Å²) >= 11 is 0. The van der Waals surface area contributed by atoms with Crippen LogP contribution in [0.5, 0.6) is 5.75 Å². The molecule has 0 amide bonds. The van der Waals surface area contributed by atoms with Crippen molar-refractivity contribution < 1.29 is 4.74 Å². The Morgan fingerprint density at radius 2 is 1.16 bits per heavy atom. The second kappa shape index (κ2) is 6.82. The molecule has 0 heterocycles. The fourth-order valence-corrected chi connectivity index (χ4v) is 7.36. The Labute approximate surface area is 220 Å². The Bertz CT molecular complexity index is 2320. The SMILES string of the molecule is COc1c(C)cc2c3c(cc(C)cc13)-c1cc3ccc4c(cc5ccc6cccc7ccc4c5c67)c3cc1-2. The maximum atomic E-state index is 5.88. The van der Waals surface area contributed by atoms with Crippen LogP contribution in [0.15, 0.2) is 91.0 Å². The highest BCUT2D eigenvalue weighted by Crippen LogP contribution is 2.52. The lowest BCUT2D eigenvalue weighted by molar-refractivity contribution is 0.417. The van der Waals surface area contributed by atoms with E-state index in [1.807, 2.05) is 0 Å². The van der Waals surface area contributed by atoms with Crippen molar-refractivity contribution in [1.82, 2.24) is 0 Å². The molecule has 0 aromatic heterocycles. The van der Waals surface area contributed by atoms with Crippen molar-refractivity contribution in [3.63, 3.8) is 0 Å². The molecule has 0 aliphatic heterocycles. The lowest BCUT2D eigenvalue weighted by Gasteiger charge is -2.15. The summed E-state index contributed by atoms with van der Waals surface area (Å²) in [5.74, 6) is 0.987. The van der Waals surface area contributed by atoms with Crippen LogP contribution < -0.4 is 4.74 Å². The first-order chi connectivity index (χ1) is 18.6. The molecule has 1 aliphatic carbocycles. The summed E-state index contributed by atoms with van der Waals surface area (Å²) in [7, 11) is 1.78. The number of ether oxygens (including phenoxy) is 1. The number of methoxy groups -OCH3 is 1. The number of hydrogen-bond donors (Lipinski definition) is 0. The topological polar surface area (TPSA) is 9.23 Å². The van der Waals surface area contributed by atoms with Crippen LogP contribution in [-0.4, -0.2) is 7.11 Å². The molecule has 1 aliphatic rings. The Kier molecular flexibility index (Phi) is 3.67. The van der Waals surface area contributed by atoms with E-state index in [4.69, 9.17) is 4.74 Å². The van der Waals surface area contributed by atoms with Gasteiger partial charge in [0.25, 0.3) is 0 Å². The Hall–Kier alpha value is -4.62. The zero-order valence-corrected chi connectivity index (χ0v) is 21.6. The quantitative estimate of drug-likeness (QED) is 0.166. The van der Waals surface area contributed by atoms with Crippen LogP contribution in [0.1, 0.15) is 11.1 Å². The van der Waals surface area contributed by atoms with Crippen LogP contribution in [0.3, 0.4) is 0 Å². The van der Waals surface area contributed by atoms with Gasteiger partial charge in [0, 0.05) is 10.8 Å². The summed E-state index contributed by atoms with van der Waals surface area (Å²) in [5.41, 5.74) is 7.73. The zero-order chi connectivity index (χ0) is 25.3. The van der Waals surface area contributed by atoms with Crippen LogP contribution in [0.2, 0.25) is 0 Å². The third kappa shape index (κ3) is 2.38. The molecule has 9 rings (SSSR count). The molecule has 0 bridgehead atoms. The molecule has 1 nitrogen and oxygen atoms in total. The third-order valence-corrected chi connectivity index (χ3v) is 8.90. The van der Waals surface area contributed by atoms with Crippen LogP contribution in [0.25, 0.3) is 86.9 Å². The second-order valence-corrected chi connectivity index (χ2v) is 11.0. The predicted octanol–water partition coefficient (Wildman–Crippen LogP) is 10.3. The largest absolute Gasteiger partial charge is 0.496 e. The van der Waals surface area contributed by atoms with Gasteiger partial charge >= 0.3 is 0 Å². The Balaban J connectivity index is 1.43. The van der Waals surface area contributed by atoms with E-state index in [2.05, 4.69) is 105 Å². The van der Waals surface area contributed by atoms with Gasteiger partial charge in [-0.25, -0.2) is 0 Å². The number of aryl methyl sites for hydroxylation is 2. The van der Waals surface area contributed by atoms with Gasteiger partial charge in [-0.15, -0.1) is 0 Å². The molecule has 0 unspecified atom stereocenters. The van der Waals surface area contributed by atoms with Crippen LogP contribution in [0.4, 0.5) is 0 Å². The van der Waals surface area contributed by atoms with E-state index in [0.717, 1.165) is 5.75 Å². The van der Waals surface area contributed by atoms with Crippen LogP contribution in [-0.2, 0) is 0 Å². The van der Waals surface area contributed by atoms with Gasteiger partial charge in [0.1, 0.15) is 5.75 Å². The molecule has 0 atom stereocenters. The van der Waals surface area contributed by atoms with E-state index in [1.54, 1.807) is 7.11 Å². The van der Waals surface area contributed by atoms with Crippen LogP contribution in [0, 0.1) is 13.8 Å². The molecule has 178 valence electrons. The Morgan fingerprint density at radius 3 is 2.00 bits per heavy atom. The first-order valence-electron chi connectivity index (χ1n) is 13.3. The molecule has 1 heteroatoms. The average Bonchev–Trinajstić information content (AvgIpc) is 3.22. The molecule has 0 saturated carbocycles. The van der Waals surface area contributed by atoms with Crippen molar-refractivity contribution >= 4 is 64.6 Å². The van der Waals surface area contributed by atoms with Gasteiger partial charge in [-0.3, -0.25) is 0 Å². The summed E-state index contributed by atoms with van der Waals surface area (Å²) in [6.07, 6.45) is 0. The summed E-state index contributed by atoms with van der Waals surface area (Å²) in [6, 6.07) is 34.6. The van der Waals surface area contributed by atoms with Gasteiger partial charge in [-0.2, -0.15) is 0 Å². The van der Waals surface area contributed by atoms with Gasteiger partial charge in [0.2, 0.25) is 0 Å². The summed E-state index contributed by atoms with van der Waals surface area (Å²) in [4.78, 5) is 0. The minimum Gasteiger partial charge on any atom is -0.496 e. The number of rotatable bonds is 1. The lowest BCUT2D eigenvalue weighted by atomic mass is 9.88. The molecular weight excluding hydrogens is 460 g/mol. The highest BCUT2D eigenvalue weighted by Gasteiger charge is 2.26. The number of fused-ring (bicyclic) bond motifs is 7. The average molecular weight is 485 g/mol. The van der Waals surface area contributed by atoms with E-state index in [0.29, 0.717) is 0 Å². The molecular formula is C37H24O. The first-order valence-corrected chi connectivity index (χ1v) is 13.3. The first kappa shape index (κ1) is 20.4. The number of hydrogen-bond acceptors (Lipinski definition) is 1. The fraction of sp³-hybridized carbons (Fsp3) is 0.0811. The molecule has 8 aromatic carbocycles. The van der Waals surface area contributed by atoms with E-state index in [-0.39, 0.29) is 0 Å². The fourth-order valence-electron chi connectivity index (χ4n) is 7.36. The van der Waals surface area contributed by atoms with Gasteiger partial charge in [0.15, 0.2) is 0 Å². The van der Waals surface area contributed by atoms with Gasteiger partial charge in [-0.05, 0) is 131 Å². The normalized spacial score (nSPS) is 12.6. The van der Waals surface area contributed by atoms with Crippen molar-refractivity contribution in [1.29, 1.82) is 0 Å². The van der Waals surface area contributed by atoms with Gasteiger partial charge < -0.3 is 4.74 Å². The van der Waals surface area contributed by atoms with Gasteiger partial charge in [0.05, 0.1) is 7.11 Å². The molecule has 0 fully saturated rings. The standard InChI is InChI=1S/C37H24O/c1-19-13-31-29-16-23-10-11-25-26-12-9-22-6-4-5-21-7-8-24(35(26)34(21)22)17-28(25)27(23)18-30(29)32-15-20(2)37(38-3)33(14-19)36(31)32/h4-18H,1-3H3. The monoisotopic (exact) mass is 484 g/mol. The molecule has 38 heavy (non-hydrogen) atoms. The summed E-state index contributed by atoms with van der Waals surface area (Å²) in [6.45, 7) is 4.34. The van der Waals surface area contributed by atoms with Crippen molar-refractivity contribution in [2.45, 2.75) is 13.8 Å². The van der Waals surface area contributed by atoms with E-state index >= 15 is 0 Å². The minimum absolute atomic E-state index is 0.987. The molecule has 0 spiro atoms. The highest BCUT2D eigenvalue weighted by atomic mass is 16.5. The summed E-state index contributed by atoms with van der Waals surface area (Å²) < 4.78 is 5.88. The lowest BCUT2D eigenvalue weighted by Crippen LogP contribution is -1.91. The molecule has 0 saturated heterocycles. The van der Waals surface area contributed by atoms with Crippen LogP contribution >= 0.6 is 0 Å². The zero-order valence-electron chi connectivity index (χ0n) is 21.6. The van der Waals surface area contributed by atoms with Crippen molar-refractivity contribution in [2.24, 2.45) is 0 Å². The maximum Gasteiger partial charge on any atom is 0.129 e. The van der Waals surface area contributed by atoms with Crippen molar-refractivity contribution in [3.05, 3.63) is 102 Å². The smallest absolute Gasteiger partial charge is 0.129 e. The molecule has 8 aromatic rings. The maximum absolute atomic E-state index is 5.88. The Morgan fingerprint density at radius 1 is 0.447 bits per heavy atom. The molecule has 0 N–H and O–H groups in total. The minimum atomic E-state index is 0.987. The third-order valence-electron chi connectivity index (χ3n) is 8.90. The summed E-state index contributed by atoms with van der Waals surface area (Å²) in [5, 5.41) is 15.8. The number of benzene rings is 8. The van der Waals surface area contributed by atoms with E-state index in [1.165, 1.54) is 98.0 Å². The van der Waals surface area contributed by atoms with Crippen molar-refractivity contribution in [2.75, 3.05) is 7.11 Å².